The molecular weight excluding hydrogens is 192 g/mol. The number of nitrogens with zero attached hydrogens (tertiary/aromatic N) is 2. The van der Waals surface area contributed by atoms with Gasteiger partial charge in [-0.25, -0.2) is 4.98 Å². The van der Waals surface area contributed by atoms with E-state index in [4.69, 9.17) is 4.74 Å². The highest BCUT2D eigenvalue weighted by Gasteiger charge is 2.01. The van der Waals surface area contributed by atoms with Crippen LogP contribution in [0.5, 0.6) is 11.6 Å². The van der Waals surface area contributed by atoms with Crippen LogP contribution < -0.4 is 4.74 Å². The molecule has 4 heteroatoms. The Kier molecular flexibility index (Phi) is 2.49. The molecule has 15 heavy (non-hydrogen) atoms. The zero-order valence-corrected chi connectivity index (χ0v) is 8.21. The first-order valence-corrected chi connectivity index (χ1v) is 4.44. The van der Waals surface area contributed by atoms with Crippen LogP contribution in [0.25, 0.3) is 11.1 Å². The number of methoxy groups -OCH3 is 1. The number of hydrogen-bond acceptors (Lipinski definition) is 4. The molecule has 0 aliphatic heterocycles. The molecule has 0 spiro atoms. The van der Waals surface area contributed by atoms with Gasteiger partial charge in [-0.2, -0.15) is 0 Å². The molecule has 1 N–H and O–H groups in total. The molecule has 0 aliphatic carbocycles. The molecule has 0 unspecified atom stereocenters. The molecule has 76 valence electrons. The molecule has 0 bridgehead atoms. The molecule has 2 aromatic heterocycles. The van der Waals surface area contributed by atoms with Gasteiger partial charge in [0.05, 0.1) is 13.3 Å². The Hall–Kier alpha value is -2.10. The summed E-state index contributed by atoms with van der Waals surface area (Å²) in [5, 5.41) is 9.29. The second-order valence-electron chi connectivity index (χ2n) is 3.02. The first-order chi connectivity index (χ1) is 7.29. The lowest BCUT2D eigenvalue weighted by Crippen LogP contribution is -1.87. The van der Waals surface area contributed by atoms with E-state index in [1.165, 1.54) is 6.20 Å². The average Bonchev–Trinajstić information content (AvgIpc) is 2.29. The summed E-state index contributed by atoms with van der Waals surface area (Å²) in [4.78, 5) is 7.91. The molecule has 0 aromatic carbocycles. The van der Waals surface area contributed by atoms with Crippen molar-refractivity contribution in [3.05, 3.63) is 36.8 Å². The summed E-state index contributed by atoms with van der Waals surface area (Å²) in [6.45, 7) is 0. The number of rotatable bonds is 2. The van der Waals surface area contributed by atoms with Crippen molar-refractivity contribution in [2.75, 3.05) is 7.11 Å². The largest absolute Gasteiger partial charge is 0.506 e. The first-order valence-electron chi connectivity index (χ1n) is 4.44. The number of aromatic nitrogens is 2. The van der Waals surface area contributed by atoms with Crippen LogP contribution in [0.1, 0.15) is 0 Å². The van der Waals surface area contributed by atoms with E-state index in [0.29, 0.717) is 5.88 Å². The number of hydrogen-bond donors (Lipinski definition) is 1. The lowest BCUT2D eigenvalue weighted by atomic mass is 10.1. The van der Waals surface area contributed by atoms with E-state index in [1.54, 1.807) is 31.6 Å². The van der Waals surface area contributed by atoms with E-state index in [9.17, 15) is 5.11 Å². The maximum Gasteiger partial charge on any atom is 0.213 e. The second-order valence-corrected chi connectivity index (χ2v) is 3.02. The minimum atomic E-state index is 0.142. The minimum absolute atomic E-state index is 0.142. The molecule has 0 saturated heterocycles. The molecular formula is C11H10N2O2. The predicted octanol–water partition coefficient (Wildman–Crippen LogP) is 1.86. The third-order valence-electron chi connectivity index (χ3n) is 2.00. The van der Waals surface area contributed by atoms with Crippen LogP contribution in [-0.2, 0) is 0 Å². The van der Waals surface area contributed by atoms with Crippen molar-refractivity contribution in [2.45, 2.75) is 0 Å². The molecule has 2 heterocycles. The summed E-state index contributed by atoms with van der Waals surface area (Å²) in [7, 11) is 1.56. The fraction of sp³-hybridized carbons (Fsp3) is 0.0909. The normalized spacial score (nSPS) is 9.93. The molecule has 2 aromatic rings. The van der Waals surface area contributed by atoms with Crippen LogP contribution in [0, 0.1) is 0 Å². The second kappa shape index (κ2) is 3.96. The topological polar surface area (TPSA) is 55.2 Å². The molecule has 4 nitrogen and oxygen atoms in total. The standard InChI is InChI=1S/C11H10N2O2/c1-15-11-5-8(2-3-13-11)9-4-10(14)7-12-6-9/h2-7,14H,1H3. The van der Waals surface area contributed by atoms with Crippen LogP contribution in [0.2, 0.25) is 0 Å². The Balaban J connectivity index is 2.44. The van der Waals surface area contributed by atoms with E-state index in [2.05, 4.69) is 9.97 Å². The monoisotopic (exact) mass is 202 g/mol. The van der Waals surface area contributed by atoms with Gasteiger partial charge in [0.2, 0.25) is 5.88 Å². The fourth-order valence-corrected chi connectivity index (χ4v) is 1.29. The Morgan fingerprint density at radius 2 is 2.07 bits per heavy atom. The Labute approximate surface area is 87.2 Å². The van der Waals surface area contributed by atoms with Crippen LogP contribution in [-0.4, -0.2) is 22.2 Å². The van der Waals surface area contributed by atoms with Crippen LogP contribution >= 0.6 is 0 Å². The zero-order chi connectivity index (χ0) is 10.7. The summed E-state index contributed by atoms with van der Waals surface area (Å²) in [5.74, 6) is 0.680. The van der Waals surface area contributed by atoms with Crippen molar-refractivity contribution >= 4 is 0 Å². The van der Waals surface area contributed by atoms with E-state index < -0.39 is 0 Å². The van der Waals surface area contributed by atoms with Gasteiger partial charge < -0.3 is 9.84 Å². The summed E-state index contributed by atoms with van der Waals surface area (Å²) in [6.07, 6.45) is 4.72. The van der Waals surface area contributed by atoms with Gasteiger partial charge in [-0.15, -0.1) is 0 Å². The van der Waals surface area contributed by atoms with Gasteiger partial charge in [-0.05, 0) is 17.7 Å². The van der Waals surface area contributed by atoms with Crippen LogP contribution in [0.3, 0.4) is 0 Å². The zero-order valence-electron chi connectivity index (χ0n) is 8.21. The van der Waals surface area contributed by atoms with Crippen molar-refractivity contribution in [2.24, 2.45) is 0 Å². The predicted molar refractivity (Wildman–Crippen MR) is 55.7 cm³/mol. The molecule has 0 amide bonds. The highest BCUT2D eigenvalue weighted by molar-refractivity contribution is 5.64. The highest BCUT2D eigenvalue weighted by atomic mass is 16.5. The minimum Gasteiger partial charge on any atom is -0.506 e. The van der Waals surface area contributed by atoms with Gasteiger partial charge in [0.1, 0.15) is 5.75 Å². The number of ether oxygens (including phenoxy) is 1. The third kappa shape index (κ3) is 2.04. The molecule has 0 atom stereocenters. The van der Waals surface area contributed by atoms with Gasteiger partial charge in [0, 0.05) is 24.0 Å². The lowest BCUT2D eigenvalue weighted by Gasteiger charge is -2.03. The average molecular weight is 202 g/mol. The Morgan fingerprint density at radius 1 is 1.20 bits per heavy atom. The molecule has 0 radical (unpaired) electrons. The summed E-state index contributed by atoms with van der Waals surface area (Å²) < 4.78 is 5.01. The lowest BCUT2D eigenvalue weighted by molar-refractivity contribution is 0.398. The van der Waals surface area contributed by atoms with E-state index in [0.717, 1.165) is 11.1 Å². The molecule has 0 fully saturated rings. The highest BCUT2D eigenvalue weighted by Crippen LogP contribution is 2.23. The summed E-state index contributed by atoms with van der Waals surface area (Å²) in [5.41, 5.74) is 1.74. The van der Waals surface area contributed by atoms with Crippen molar-refractivity contribution in [3.8, 4) is 22.8 Å². The maximum atomic E-state index is 9.29. The van der Waals surface area contributed by atoms with E-state index in [1.807, 2.05) is 6.07 Å². The summed E-state index contributed by atoms with van der Waals surface area (Å²) in [6, 6.07) is 5.26. The van der Waals surface area contributed by atoms with Gasteiger partial charge in [-0.1, -0.05) is 0 Å². The number of aromatic hydroxyl groups is 1. The van der Waals surface area contributed by atoms with Gasteiger partial charge in [0.25, 0.3) is 0 Å². The van der Waals surface area contributed by atoms with Crippen LogP contribution in [0.15, 0.2) is 36.8 Å². The SMILES string of the molecule is COc1cc(-c2cncc(O)c2)ccn1. The molecule has 2 rings (SSSR count). The van der Waals surface area contributed by atoms with E-state index in [-0.39, 0.29) is 5.75 Å². The third-order valence-corrected chi connectivity index (χ3v) is 2.00. The van der Waals surface area contributed by atoms with E-state index >= 15 is 0 Å². The van der Waals surface area contributed by atoms with Crippen molar-refractivity contribution in [3.63, 3.8) is 0 Å². The van der Waals surface area contributed by atoms with Crippen molar-refractivity contribution in [1.82, 2.24) is 9.97 Å². The van der Waals surface area contributed by atoms with Crippen molar-refractivity contribution < 1.29 is 9.84 Å². The Bertz CT molecular complexity index is 472. The smallest absolute Gasteiger partial charge is 0.213 e. The Morgan fingerprint density at radius 3 is 2.80 bits per heavy atom. The fourth-order valence-electron chi connectivity index (χ4n) is 1.29. The first kappa shape index (κ1) is 9.45. The maximum absolute atomic E-state index is 9.29. The summed E-state index contributed by atoms with van der Waals surface area (Å²) >= 11 is 0. The molecule has 0 saturated carbocycles. The quantitative estimate of drug-likeness (QED) is 0.807. The van der Waals surface area contributed by atoms with Gasteiger partial charge in [0.15, 0.2) is 0 Å². The van der Waals surface area contributed by atoms with Crippen molar-refractivity contribution in [1.29, 1.82) is 0 Å². The van der Waals surface area contributed by atoms with Gasteiger partial charge in [-0.3, -0.25) is 4.98 Å². The van der Waals surface area contributed by atoms with Gasteiger partial charge >= 0.3 is 0 Å². The van der Waals surface area contributed by atoms with Crippen LogP contribution in [0.4, 0.5) is 0 Å². The molecule has 0 aliphatic rings. The number of pyridine rings is 2.